The van der Waals surface area contributed by atoms with Crippen molar-refractivity contribution in [2.24, 2.45) is 0 Å². The summed E-state index contributed by atoms with van der Waals surface area (Å²) < 4.78 is 0.786. The molecule has 1 N–H and O–H groups in total. The molecule has 1 atom stereocenters. The molecule has 19 heavy (non-hydrogen) atoms. The molecule has 0 radical (unpaired) electrons. The highest BCUT2D eigenvalue weighted by Crippen LogP contribution is 2.30. The summed E-state index contributed by atoms with van der Waals surface area (Å²) in [5, 5.41) is 3.57. The fourth-order valence-electron chi connectivity index (χ4n) is 2.15. The lowest BCUT2D eigenvalue weighted by Crippen LogP contribution is -2.35. The smallest absolute Gasteiger partial charge is 0.224 e. The van der Waals surface area contributed by atoms with E-state index in [2.05, 4.69) is 47.2 Å². The topological polar surface area (TPSA) is 53.9 Å². The van der Waals surface area contributed by atoms with Crippen molar-refractivity contribution in [1.29, 1.82) is 0 Å². The van der Waals surface area contributed by atoms with Crippen molar-refractivity contribution in [2.45, 2.75) is 12.6 Å². The minimum Gasteiger partial charge on any atom is -0.353 e. The molecule has 0 saturated carbocycles. The normalized spacial score (nSPS) is 17.4. The molecule has 5 nitrogen and oxygen atoms in total. The predicted octanol–water partition coefficient (Wildman–Crippen LogP) is 2.72. The zero-order valence-corrected chi connectivity index (χ0v) is 12.5. The summed E-state index contributed by atoms with van der Waals surface area (Å²) >= 11 is 9.23. The van der Waals surface area contributed by atoms with Crippen LogP contribution in [-0.4, -0.2) is 28.2 Å². The monoisotopic (exact) mass is 339 g/mol. The first-order chi connectivity index (χ1) is 9.15. The first kappa shape index (κ1) is 12.6. The molecular formula is C12H11BrClN5. The van der Waals surface area contributed by atoms with Gasteiger partial charge in [0.2, 0.25) is 5.28 Å². The second kappa shape index (κ2) is 4.94. The maximum absolute atomic E-state index is 5.82. The summed E-state index contributed by atoms with van der Waals surface area (Å²) in [6.07, 6.45) is 4.37. The second-order valence-electron chi connectivity index (χ2n) is 4.28. The number of hydrogen-bond donors (Lipinski definition) is 1. The summed E-state index contributed by atoms with van der Waals surface area (Å²) in [5.74, 6) is 0.685. The van der Waals surface area contributed by atoms with Crippen molar-refractivity contribution < 1.29 is 0 Å². The Morgan fingerprint density at radius 2 is 2.32 bits per heavy atom. The van der Waals surface area contributed by atoms with Crippen LogP contribution in [0.3, 0.4) is 0 Å². The standard InChI is InChI=1S/C12H11BrClN5/c1-19-9-3-2-4-15-8(9)5-10(19)17-11-7(13)6-16-12(14)18-11/h2-4,6,10H,5H2,1H3,(H,16,17,18). The van der Waals surface area contributed by atoms with Crippen LogP contribution < -0.4 is 10.2 Å². The molecule has 0 bridgehead atoms. The Labute approximate surface area is 124 Å². The van der Waals surface area contributed by atoms with Crippen LogP contribution in [0, 0.1) is 0 Å². The van der Waals surface area contributed by atoms with Gasteiger partial charge in [0.25, 0.3) is 0 Å². The van der Waals surface area contributed by atoms with Crippen molar-refractivity contribution in [3.63, 3.8) is 0 Å². The fraction of sp³-hybridized carbons (Fsp3) is 0.250. The van der Waals surface area contributed by atoms with Crippen LogP contribution in [0.2, 0.25) is 5.28 Å². The Bertz CT molecular complexity index is 621. The molecule has 1 unspecified atom stereocenters. The van der Waals surface area contributed by atoms with Crippen LogP contribution in [0.1, 0.15) is 5.69 Å². The molecule has 2 aromatic heterocycles. The minimum absolute atomic E-state index is 0.104. The van der Waals surface area contributed by atoms with E-state index in [9.17, 15) is 0 Å². The number of aromatic nitrogens is 3. The zero-order valence-electron chi connectivity index (χ0n) is 10.1. The van der Waals surface area contributed by atoms with Crippen LogP contribution in [0.15, 0.2) is 29.0 Å². The molecule has 0 spiro atoms. The number of likely N-dealkylation sites (N-methyl/N-ethyl adjacent to an activating group) is 1. The van der Waals surface area contributed by atoms with E-state index in [0.717, 1.165) is 22.3 Å². The Kier molecular flexibility index (Phi) is 3.28. The number of nitrogens with zero attached hydrogens (tertiary/aromatic N) is 4. The number of rotatable bonds is 2. The van der Waals surface area contributed by atoms with Crippen molar-refractivity contribution in [2.75, 3.05) is 17.3 Å². The molecule has 2 aromatic rings. The summed E-state index contributed by atoms with van der Waals surface area (Å²) in [5.41, 5.74) is 2.22. The lowest BCUT2D eigenvalue weighted by Gasteiger charge is -2.24. The van der Waals surface area contributed by atoms with E-state index in [1.165, 1.54) is 0 Å². The Balaban J connectivity index is 1.85. The fourth-order valence-corrected chi connectivity index (χ4v) is 2.59. The lowest BCUT2D eigenvalue weighted by atomic mass is 10.3. The summed E-state index contributed by atoms with van der Waals surface area (Å²) in [7, 11) is 2.03. The molecule has 0 fully saturated rings. The van der Waals surface area contributed by atoms with Gasteiger partial charge >= 0.3 is 0 Å². The first-order valence-electron chi connectivity index (χ1n) is 5.76. The van der Waals surface area contributed by atoms with E-state index in [1.807, 2.05) is 19.3 Å². The highest BCUT2D eigenvalue weighted by atomic mass is 79.9. The van der Waals surface area contributed by atoms with Crippen LogP contribution >= 0.6 is 27.5 Å². The Morgan fingerprint density at radius 1 is 1.47 bits per heavy atom. The van der Waals surface area contributed by atoms with Gasteiger partial charge in [-0.2, -0.15) is 4.98 Å². The van der Waals surface area contributed by atoms with Crippen LogP contribution in [0.4, 0.5) is 11.5 Å². The molecule has 0 aromatic carbocycles. The number of hydrogen-bond acceptors (Lipinski definition) is 5. The van der Waals surface area contributed by atoms with Gasteiger partial charge in [0.05, 0.1) is 15.9 Å². The maximum Gasteiger partial charge on any atom is 0.224 e. The molecule has 1 aliphatic rings. The molecule has 0 amide bonds. The van der Waals surface area contributed by atoms with Gasteiger partial charge in [0, 0.05) is 25.9 Å². The largest absolute Gasteiger partial charge is 0.353 e. The van der Waals surface area contributed by atoms with Gasteiger partial charge in [0.1, 0.15) is 12.0 Å². The summed E-state index contributed by atoms with van der Waals surface area (Å²) in [6, 6.07) is 4.00. The van der Waals surface area contributed by atoms with E-state index in [4.69, 9.17) is 11.6 Å². The van der Waals surface area contributed by atoms with Gasteiger partial charge < -0.3 is 10.2 Å². The van der Waals surface area contributed by atoms with Crippen LogP contribution in [-0.2, 0) is 6.42 Å². The quantitative estimate of drug-likeness (QED) is 0.852. The molecule has 1 aliphatic heterocycles. The van der Waals surface area contributed by atoms with E-state index in [-0.39, 0.29) is 11.4 Å². The molecule has 0 saturated heterocycles. The molecule has 98 valence electrons. The van der Waals surface area contributed by atoms with Gasteiger partial charge in [-0.25, -0.2) is 4.98 Å². The highest BCUT2D eigenvalue weighted by Gasteiger charge is 2.27. The van der Waals surface area contributed by atoms with E-state index in [1.54, 1.807) is 6.20 Å². The number of halogens is 2. The summed E-state index contributed by atoms with van der Waals surface area (Å²) in [6.45, 7) is 0. The SMILES string of the molecule is CN1c2cccnc2CC1Nc1nc(Cl)ncc1Br. The number of anilines is 2. The number of nitrogens with one attached hydrogen (secondary N) is 1. The molecule has 3 rings (SSSR count). The third-order valence-corrected chi connectivity index (χ3v) is 3.88. The van der Waals surface area contributed by atoms with Gasteiger partial charge in [-0.05, 0) is 39.7 Å². The molecule has 0 aliphatic carbocycles. The predicted molar refractivity (Wildman–Crippen MR) is 78.5 cm³/mol. The van der Waals surface area contributed by atoms with E-state index in [0.29, 0.717) is 5.82 Å². The van der Waals surface area contributed by atoms with E-state index < -0.39 is 0 Å². The van der Waals surface area contributed by atoms with Crippen LogP contribution in [0.25, 0.3) is 0 Å². The van der Waals surface area contributed by atoms with Crippen molar-refractivity contribution in [3.05, 3.63) is 40.0 Å². The van der Waals surface area contributed by atoms with E-state index >= 15 is 0 Å². The highest BCUT2D eigenvalue weighted by molar-refractivity contribution is 9.10. The van der Waals surface area contributed by atoms with Crippen molar-refractivity contribution in [1.82, 2.24) is 15.0 Å². The van der Waals surface area contributed by atoms with Gasteiger partial charge in [0.15, 0.2) is 0 Å². The average Bonchev–Trinajstić information content (AvgIpc) is 2.72. The number of fused-ring (bicyclic) bond motifs is 1. The Morgan fingerprint density at radius 3 is 3.11 bits per heavy atom. The van der Waals surface area contributed by atoms with Crippen LogP contribution in [0.5, 0.6) is 0 Å². The third kappa shape index (κ3) is 2.37. The minimum atomic E-state index is 0.104. The Hall–Kier alpha value is -1.40. The van der Waals surface area contributed by atoms with Gasteiger partial charge in [-0.3, -0.25) is 4.98 Å². The number of pyridine rings is 1. The van der Waals surface area contributed by atoms with Gasteiger partial charge in [-0.1, -0.05) is 0 Å². The second-order valence-corrected chi connectivity index (χ2v) is 5.47. The van der Waals surface area contributed by atoms with Gasteiger partial charge in [-0.15, -0.1) is 0 Å². The summed E-state index contributed by atoms with van der Waals surface area (Å²) in [4.78, 5) is 14.6. The lowest BCUT2D eigenvalue weighted by molar-refractivity contribution is 0.735. The first-order valence-corrected chi connectivity index (χ1v) is 6.93. The molecule has 3 heterocycles. The average molecular weight is 341 g/mol. The zero-order chi connectivity index (χ0) is 13.4. The van der Waals surface area contributed by atoms with Crippen molar-refractivity contribution in [3.8, 4) is 0 Å². The molecular weight excluding hydrogens is 330 g/mol. The maximum atomic E-state index is 5.82. The van der Waals surface area contributed by atoms with Crippen molar-refractivity contribution >= 4 is 39.0 Å². The third-order valence-electron chi connectivity index (χ3n) is 3.12. The molecule has 7 heteroatoms.